The second-order valence-electron chi connectivity index (χ2n) is 6.56. The van der Waals surface area contributed by atoms with E-state index in [1.165, 1.54) is 0 Å². The lowest BCUT2D eigenvalue weighted by molar-refractivity contribution is 0.0738. The van der Waals surface area contributed by atoms with Gasteiger partial charge in [-0.2, -0.15) is 0 Å². The van der Waals surface area contributed by atoms with Gasteiger partial charge in [-0.3, -0.25) is 4.79 Å². The summed E-state index contributed by atoms with van der Waals surface area (Å²) in [4.78, 5) is 14.9. The molecule has 0 spiro atoms. The average molecular weight is 395 g/mol. The summed E-state index contributed by atoms with van der Waals surface area (Å²) < 4.78 is 5.92. The molecule has 26 heavy (non-hydrogen) atoms. The van der Waals surface area contributed by atoms with E-state index in [0.29, 0.717) is 41.9 Å². The number of carbonyl (C=O) groups is 1. The summed E-state index contributed by atoms with van der Waals surface area (Å²) in [6.45, 7) is 3.79. The second kappa shape index (κ2) is 9.26. The van der Waals surface area contributed by atoms with Crippen molar-refractivity contribution >= 4 is 29.9 Å². The number of amides is 1. The van der Waals surface area contributed by atoms with Crippen LogP contribution in [-0.2, 0) is 6.61 Å². The highest BCUT2D eigenvalue weighted by molar-refractivity contribution is 6.30. The van der Waals surface area contributed by atoms with Gasteiger partial charge in [0.25, 0.3) is 5.91 Å². The third-order valence-electron chi connectivity index (χ3n) is 4.68. The Kier molecular flexibility index (Phi) is 7.33. The predicted molar refractivity (Wildman–Crippen MR) is 107 cm³/mol. The maximum atomic E-state index is 13.0. The number of nitrogens with zero attached hydrogens (tertiary/aromatic N) is 1. The van der Waals surface area contributed by atoms with E-state index in [2.05, 4.69) is 6.92 Å². The molecule has 0 saturated carbocycles. The smallest absolute Gasteiger partial charge is 0.257 e. The zero-order valence-corrected chi connectivity index (χ0v) is 16.3. The van der Waals surface area contributed by atoms with E-state index in [1.807, 2.05) is 53.4 Å². The molecule has 1 aliphatic heterocycles. The summed E-state index contributed by atoms with van der Waals surface area (Å²) in [5.74, 6) is 0.988. The molecule has 1 aliphatic rings. The molecule has 2 aromatic rings. The van der Waals surface area contributed by atoms with Gasteiger partial charge < -0.3 is 15.4 Å². The highest BCUT2D eigenvalue weighted by Gasteiger charge is 2.33. The SMILES string of the molecule is CC1CC(CN)CN1C(=O)c1ccccc1OCc1ccc(Cl)cc1.Cl. The Morgan fingerprint density at radius 2 is 1.92 bits per heavy atom. The Balaban J connectivity index is 0.00000243. The quantitative estimate of drug-likeness (QED) is 0.828. The van der Waals surface area contributed by atoms with Crippen LogP contribution in [0, 0.1) is 5.92 Å². The van der Waals surface area contributed by atoms with Gasteiger partial charge in [-0.1, -0.05) is 35.9 Å². The van der Waals surface area contributed by atoms with E-state index in [9.17, 15) is 4.79 Å². The molecular weight excluding hydrogens is 371 g/mol. The van der Waals surface area contributed by atoms with Crippen LogP contribution in [-0.4, -0.2) is 29.9 Å². The Labute approximate surface area is 165 Å². The first-order valence-electron chi connectivity index (χ1n) is 8.55. The first kappa shape index (κ1) is 20.6. The number of para-hydroxylation sites is 1. The number of nitrogens with two attached hydrogens (primary N) is 1. The molecule has 0 radical (unpaired) electrons. The predicted octanol–water partition coefficient (Wildman–Crippen LogP) is 4.15. The van der Waals surface area contributed by atoms with E-state index in [1.54, 1.807) is 0 Å². The summed E-state index contributed by atoms with van der Waals surface area (Å²) >= 11 is 5.91. The first-order valence-corrected chi connectivity index (χ1v) is 8.93. The van der Waals surface area contributed by atoms with Crippen molar-refractivity contribution in [3.8, 4) is 5.75 Å². The van der Waals surface area contributed by atoms with Crippen LogP contribution >= 0.6 is 24.0 Å². The van der Waals surface area contributed by atoms with Crippen molar-refractivity contribution < 1.29 is 9.53 Å². The van der Waals surface area contributed by atoms with E-state index in [4.69, 9.17) is 22.1 Å². The Bertz CT molecular complexity index is 737. The standard InChI is InChI=1S/C20H23ClN2O2.ClH/c1-14-10-16(11-22)12-23(14)20(24)18-4-2-3-5-19(18)25-13-15-6-8-17(21)9-7-15;/h2-9,14,16H,10-13,22H2,1H3;1H. The van der Waals surface area contributed by atoms with Crippen LogP contribution in [0.3, 0.4) is 0 Å². The van der Waals surface area contributed by atoms with Crippen LogP contribution in [0.15, 0.2) is 48.5 Å². The van der Waals surface area contributed by atoms with Gasteiger partial charge in [0, 0.05) is 17.6 Å². The number of hydrogen-bond acceptors (Lipinski definition) is 3. The molecule has 1 fully saturated rings. The van der Waals surface area contributed by atoms with Gasteiger partial charge in [0.1, 0.15) is 12.4 Å². The van der Waals surface area contributed by atoms with Gasteiger partial charge in [0.05, 0.1) is 5.56 Å². The zero-order chi connectivity index (χ0) is 17.8. The summed E-state index contributed by atoms with van der Waals surface area (Å²) in [5.41, 5.74) is 7.38. The molecule has 2 unspecified atom stereocenters. The Hall–Kier alpha value is -1.75. The minimum atomic E-state index is 0. The van der Waals surface area contributed by atoms with Gasteiger partial charge >= 0.3 is 0 Å². The van der Waals surface area contributed by atoms with Crippen molar-refractivity contribution in [1.82, 2.24) is 4.90 Å². The third-order valence-corrected chi connectivity index (χ3v) is 4.93. The molecule has 0 aliphatic carbocycles. The summed E-state index contributed by atoms with van der Waals surface area (Å²) in [7, 11) is 0. The molecule has 3 rings (SSSR count). The fourth-order valence-corrected chi connectivity index (χ4v) is 3.39. The molecule has 1 saturated heterocycles. The van der Waals surface area contributed by atoms with E-state index < -0.39 is 0 Å². The monoisotopic (exact) mass is 394 g/mol. The van der Waals surface area contributed by atoms with Crippen LogP contribution in [0.5, 0.6) is 5.75 Å². The van der Waals surface area contributed by atoms with E-state index in [-0.39, 0.29) is 24.4 Å². The van der Waals surface area contributed by atoms with Crippen molar-refractivity contribution in [3.05, 3.63) is 64.7 Å². The van der Waals surface area contributed by atoms with Crippen molar-refractivity contribution in [2.24, 2.45) is 11.7 Å². The summed E-state index contributed by atoms with van der Waals surface area (Å²) in [6.07, 6.45) is 0.954. The van der Waals surface area contributed by atoms with Gasteiger partial charge in [0.2, 0.25) is 0 Å². The lowest BCUT2D eigenvalue weighted by atomic mass is 10.1. The van der Waals surface area contributed by atoms with Crippen LogP contribution in [0.25, 0.3) is 0 Å². The minimum Gasteiger partial charge on any atom is -0.488 e. The Morgan fingerprint density at radius 3 is 2.58 bits per heavy atom. The molecular formula is C20H24Cl2N2O2. The third kappa shape index (κ3) is 4.70. The summed E-state index contributed by atoms with van der Waals surface area (Å²) in [5, 5.41) is 0.691. The number of halogens is 2. The number of likely N-dealkylation sites (tertiary alicyclic amines) is 1. The van der Waals surface area contributed by atoms with Crippen molar-refractivity contribution in [1.29, 1.82) is 0 Å². The zero-order valence-electron chi connectivity index (χ0n) is 14.7. The maximum Gasteiger partial charge on any atom is 0.257 e. The molecule has 2 atom stereocenters. The van der Waals surface area contributed by atoms with E-state index in [0.717, 1.165) is 12.0 Å². The molecule has 0 bridgehead atoms. The number of rotatable bonds is 5. The van der Waals surface area contributed by atoms with Crippen molar-refractivity contribution in [2.45, 2.75) is 26.0 Å². The molecule has 1 heterocycles. The van der Waals surface area contributed by atoms with Crippen molar-refractivity contribution in [3.63, 3.8) is 0 Å². The molecule has 2 aromatic carbocycles. The number of benzene rings is 2. The summed E-state index contributed by atoms with van der Waals surface area (Å²) in [6, 6.07) is 15.1. The number of hydrogen-bond donors (Lipinski definition) is 1. The first-order chi connectivity index (χ1) is 12.1. The Morgan fingerprint density at radius 1 is 1.23 bits per heavy atom. The average Bonchev–Trinajstić information content (AvgIpc) is 3.02. The van der Waals surface area contributed by atoms with Crippen LogP contribution in [0.1, 0.15) is 29.3 Å². The number of carbonyl (C=O) groups excluding carboxylic acids is 1. The minimum absolute atomic E-state index is 0. The topological polar surface area (TPSA) is 55.6 Å². The lowest BCUT2D eigenvalue weighted by Crippen LogP contribution is -2.34. The fourth-order valence-electron chi connectivity index (χ4n) is 3.26. The molecule has 140 valence electrons. The lowest BCUT2D eigenvalue weighted by Gasteiger charge is -2.23. The highest BCUT2D eigenvalue weighted by Crippen LogP contribution is 2.28. The highest BCUT2D eigenvalue weighted by atomic mass is 35.5. The maximum absolute atomic E-state index is 13.0. The van der Waals surface area contributed by atoms with Gasteiger partial charge in [-0.25, -0.2) is 0 Å². The van der Waals surface area contributed by atoms with Gasteiger partial charge in [-0.15, -0.1) is 12.4 Å². The second-order valence-corrected chi connectivity index (χ2v) is 6.99. The molecule has 1 amide bonds. The number of ether oxygens (including phenoxy) is 1. The van der Waals surface area contributed by atoms with Crippen LogP contribution in [0.2, 0.25) is 5.02 Å². The largest absolute Gasteiger partial charge is 0.488 e. The molecule has 0 aromatic heterocycles. The van der Waals surface area contributed by atoms with Crippen molar-refractivity contribution in [2.75, 3.05) is 13.1 Å². The van der Waals surface area contributed by atoms with Crippen LogP contribution in [0.4, 0.5) is 0 Å². The van der Waals surface area contributed by atoms with Crippen LogP contribution < -0.4 is 10.5 Å². The molecule has 4 nitrogen and oxygen atoms in total. The molecule has 6 heteroatoms. The normalized spacial score (nSPS) is 19.1. The van der Waals surface area contributed by atoms with Gasteiger partial charge in [-0.05, 0) is 55.6 Å². The van der Waals surface area contributed by atoms with Gasteiger partial charge in [0.15, 0.2) is 0 Å². The molecule has 2 N–H and O–H groups in total. The van der Waals surface area contributed by atoms with E-state index >= 15 is 0 Å². The fraction of sp³-hybridized carbons (Fsp3) is 0.350.